The number of anilines is 1. The summed E-state index contributed by atoms with van der Waals surface area (Å²) in [6, 6.07) is 13.4. The van der Waals surface area contributed by atoms with Crippen molar-refractivity contribution in [3.05, 3.63) is 70.7 Å². The predicted molar refractivity (Wildman–Crippen MR) is 159 cm³/mol. The quantitative estimate of drug-likeness (QED) is 0.196. The minimum atomic E-state index is -0.987. The number of nitrogens with one attached hydrogen (secondary N) is 2. The summed E-state index contributed by atoms with van der Waals surface area (Å²) < 4.78 is 19.3. The first-order valence-electron chi connectivity index (χ1n) is 14.3. The van der Waals surface area contributed by atoms with E-state index in [0.717, 1.165) is 29.5 Å². The van der Waals surface area contributed by atoms with Crippen LogP contribution in [0.15, 0.2) is 47.4 Å². The Kier molecular flexibility index (Phi) is 8.47. The van der Waals surface area contributed by atoms with Crippen LogP contribution < -0.4 is 10.0 Å². The minimum absolute atomic E-state index is 0.200. The molecule has 8 heteroatoms. The van der Waals surface area contributed by atoms with Gasteiger partial charge in [0, 0.05) is 22.5 Å². The monoisotopic (exact) mass is 562 g/mol. The van der Waals surface area contributed by atoms with Gasteiger partial charge in [-0.2, -0.15) is 0 Å². The molecule has 1 aromatic heterocycles. The highest BCUT2D eigenvalue weighted by Crippen LogP contribution is 2.60. The lowest BCUT2D eigenvalue weighted by Crippen LogP contribution is -2.47. The van der Waals surface area contributed by atoms with Gasteiger partial charge in [-0.25, -0.2) is 19.2 Å². The van der Waals surface area contributed by atoms with E-state index in [9.17, 15) is 9.90 Å². The Hall–Kier alpha value is -2.97. The van der Waals surface area contributed by atoms with Gasteiger partial charge in [0.25, 0.3) is 0 Å². The Labute approximate surface area is 240 Å². The molecule has 5 rings (SSSR count). The molecule has 3 N–H and O–H groups in total. The highest BCUT2D eigenvalue weighted by atomic mass is 32.2. The molecule has 2 aromatic carbocycles. The molecular formula is C32H39FN4O2S. The number of aryl methyl sites for hydroxylation is 3. The van der Waals surface area contributed by atoms with Gasteiger partial charge in [0.2, 0.25) is 5.95 Å². The number of carboxylic acid groups (broad SMARTS) is 1. The van der Waals surface area contributed by atoms with E-state index in [1.807, 2.05) is 38.1 Å². The van der Waals surface area contributed by atoms with Crippen LogP contribution in [0.25, 0.3) is 11.3 Å². The van der Waals surface area contributed by atoms with E-state index in [1.54, 1.807) is 18.2 Å². The number of benzene rings is 2. The number of hydrogen-bond acceptors (Lipinski definition) is 6. The van der Waals surface area contributed by atoms with Crippen molar-refractivity contribution in [2.75, 3.05) is 4.72 Å². The molecule has 1 unspecified atom stereocenters. The zero-order valence-electron chi connectivity index (χ0n) is 23.8. The maximum absolute atomic E-state index is 16.1. The Morgan fingerprint density at radius 2 is 1.82 bits per heavy atom. The van der Waals surface area contributed by atoms with Crippen LogP contribution in [0.1, 0.15) is 79.6 Å². The fourth-order valence-corrected chi connectivity index (χ4v) is 6.66. The van der Waals surface area contributed by atoms with Crippen LogP contribution in [0.5, 0.6) is 0 Å². The molecular weight excluding hydrogens is 523 g/mol. The van der Waals surface area contributed by atoms with Crippen molar-refractivity contribution < 1.29 is 14.3 Å². The largest absolute Gasteiger partial charge is 0.478 e. The van der Waals surface area contributed by atoms with Gasteiger partial charge in [0.15, 0.2) is 5.82 Å². The molecule has 212 valence electrons. The zero-order valence-corrected chi connectivity index (χ0v) is 24.6. The normalized spacial score (nSPS) is 16.6. The first-order valence-corrected chi connectivity index (χ1v) is 15.1. The summed E-state index contributed by atoms with van der Waals surface area (Å²) in [5, 5.41) is 13.2. The Bertz CT molecular complexity index is 1360. The number of rotatable bonds is 12. The average molecular weight is 563 g/mol. The van der Waals surface area contributed by atoms with Crippen molar-refractivity contribution in [1.82, 2.24) is 15.3 Å². The van der Waals surface area contributed by atoms with Crippen molar-refractivity contribution in [3.63, 3.8) is 0 Å². The van der Waals surface area contributed by atoms with E-state index in [1.165, 1.54) is 37.6 Å². The van der Waals surface area contributed by atoms with Crippen molar-refractivity contribution in [2.24, 2.45) is 11.3 Å². The van der Waals surface area contributed by atoms with E-state index in [0.29, 0.717) is 52.1 Å². The topological polar surface area (TPSA) is 87.1 Å². The molecule has 1 spiro atoms. The summed E-state index contributed by atoms with van der Waals surface area (Å²) in [6.45, 7) is 8.41. The summed E-state index contributed by atoms with van der Waals surface area (Å²) in [7, 11) is 0. The summed E-state index contributed by atoms with van der Waals surface area (Å²) in [5.41, 5.74) is 4.23. The smallest absolute Gasteiger partial charge is 0.335 e. The van der Waals surface area contributed by atoms with Crippen LogP contribution in [0, 0.1) is 31.0 Å². The third-order valence-corrected chi connectivity index (χ3v) is 9.03. The second kappa shape index (κ2) is 11.9. The third-order valence-electron chi connectivity index (χ3n) is 8.25. The lowest BCUT2D eigenvalue weighted by atomic mass is 9.76. The summed E-state index contributed by atoms with van der Waals surface area (Å²) in [4.78, 5) is 21.3. The summed E-state index contributed by atoms with van der Waals surface area (Å²) >= 11 is 1.22. The Morgan fingerprint density at radius 3 is 2.48 bits per heavy atom. The number of aromatic nitrogens is 2. The van der Waals surface area contributed by atoms with Gasteiger partial charge in [0.05, 0.1) is 11.3 Å². The number of aromatic carboxylic acids is 1. The molecule has 2 aliphatic rings. The predicted octanol–water partition coefficient (Wildman–Crippen LogP) is 7.60. The van der Waals surface area contributed by atoms with Gasteiger partial charge in [-0.1, -0.05) is 38.1 Å². The summed E-state index contributed by atoms with van der Waals surface area (Å²) in [6.07, 6.45) is 7.64. The van der Waals surface area contributed by atoms with Gasteiger partial charge in [0.1, 0.15) is 5.69 Å². The fourth-order valence-electron chi connectivity index (χ4n) is 6.03. The number of halogens is 1. The van der Waals surface area contributed by atoms with Gasteiger partial charge >= 0.3 is 5.97 Å². The highest BCUT2D eigenvalue weighted by molar-refractivity contribution is 8.00. The minimum Gasteiger partial charge on any atom is -0.478 e. The van der Waals surface area contributed by atoms with Gasteiger partial charge in [-0.15, -0.1) is 0 Å². The lowest BCUT2D eigenvalue weighted by Gasteiger charge is -2.39. The van der Waals surface area contributed by atoms with Crippen LogP contribution in [0.3, 0.4) is 0 Å². The first-order chi connectivity index (χ1) is 19.1. The van der Waals surface area contributed by atoms with Crippen molar-refractivity contribution in [1.29, 1.82) is 0 Å². The maximum atomic E-state index is 16.1. The van der Waals surface area contributed by atoms with E-state index in [4.69, 9.17) is 0 Å². The van der Waals surface area contributed by atoms with Crippen molar-refractivity contribution in [2.45, 2.75) is 89.6 Å². The van der Waals surface area contributed by atoms with E-state index < -0.39 is 5.97 Å². The highest BCUT2D eigenvalue weighted by Gasteiger charge is 2.52. The molecule has 1 heterocycles. The van der Waals surface area contributed by atoms with Gasteiger partial charge in [-0.05, 0) is 111 Å². The van der Waals surface area contributed by atoms with E-state index in [-0.39, 0.29) is 11.4 Å². The molecule has 2 fully saturated rings. The zero-order chi connectivity index (χ0) is 28.4. The fraction of sp³-hybridized carbons (Fsp3) is 0.469. The molecule has 0 radical (unpaired) electrons. The number of carboxylic acids is 1. The summed E-state index contributed by atoms with van der Waals surface area (Å²) in [5.74, 6) is -0.505. The molecule has 2 aliphatic carbocycles. The molecule has 6 nitrogen and oxygen atoms in total. The first kappa shape index (κ1) is 28.6. The SMILES string of the molecule is Cc1cccc(C)c1-c1nc(NSc2cccc(C(=O)O)c2)nc(CCC(CC(C)C)NC2CC3(CC3)C2)c1F. The van der Waals surface area contributed by atoms with Crippen LogP contribution in [-0.2, 0) is 6.42 Å². The Morgan fingerprint density at radius 1 is 1.12 bits per heavy atom. The van der Waals surface area contributed by atoms with Crippen molar-refractivity contribution >= 4 is 23.9 Å². The van der Waals surface area contributed by atoms with Crippen LogP contribution in [0.4, 0.5) is 10.3 Å². The maximum Gasteiger partial charge on any atom is 0.335 e. The second-order valence-electron chi connectivity index (χ2n) is 12.1. The third kappa shape index (κ3) is 6.66. The van der Waals surface area contributed by atoms with Gasteiger partial charge in [-0.3, -0.25) is 4.72 Å². The van der Waals surface area contributed by atoms with Crippen LogP contribution in [0.2, 0.25) is 0 Å². The van der Waals surface area contributed by atoms with E-state index >= 15 is 4.39 Å². The second-order valence-corrected chi connectivity index (χ2v) is 13.0. The molecule has 40 heavy (non-hydrogen) atoms. The number of hydrogen-bond donors (Lipinski definition) is 3. The van der Waals surface area contributed by atoms with Crippen LogP contribution >= 0.6 is 11.9 Å². The number of carbonyl (C=O) groups is 1. The molecule has 0 bridgehead atoms. The standard InChI is InChI=1S/C32H39FN4O2S/c1-19(2)15-23(34-24-17-32(18-24)13-14-32)11-12-26-28(33)29(27-20(3)7-5-8-21(27)4)36-31(35-26)37-40-25-10-6-9-22(16-25)30(38)39/h5-10,16,19,23-24,34H,11-15,17-18H2,1-4H3,(H,38,39)(H,35,36,37). The molecule has 0 amide bonds. The number of nitrogens with zero attached hydrogens (tertiary/aromatic N) is 2. The van der Waals surface area contributed by atoms with Crippen LogP contribution in [-0.4, -0.2) is 33.1 Å². The molecule has 2 saturated carbocycles. The van der Waals surface area contributed by atoms with Crippen molar-refractivity contribution in [3.8, 4) is 11.3 Å². The molecule has 1 atom stereocenters. The average Bonchev–Trinajstić information content (AvgIpc) is 3.68. The van der Waals surface area contributed by atoms with E-state index in [2.05, 4.69) is 33.9 Å². The van der Waals surface area contributed by atoms with Gasteiger partial charge < -0.3 is 10.4 Å². The molecule has 3 aromatic rings. The lowest BCUT2D eigenvalue weighted by molar-refractivity contribution is 0.0696. The Balaban J connectivity index is 1.39. The molecule has 0 aliphatic heterocycles. The molecule has 0 saturated heterocycles.